The molecule has 6 nitrogen and oxygen atoms in total. The summed E-state index contributed by atoms with van der Waals surface area (Å²) in [4.78, 5) is 21.7. The number of nitrogens with zero attached hydrogens (tertiary/aromatic N) is 2. The average molecular weight is 274 g/mol. The molecule has 0 heterocycles. The highest BCUT2D eigenvalue weighted by Gasteiger charge is 2.37. The third-order valence-corrected chi connectivity index (χ3v) is 3.80. The van der Waals surface area contributed by atoms with Crippen LogP contribution in [-0.2, 0) is 10.2 Å². The third kappa shape index (κ3) is 2.35. The average Bonchev–Trinajstić information content (AvgIpc) is 2.47. The monoisotopic (exact) mass is 274 g/mol. The molecule has 0 radical (unpaired) electrons. The summed E-state index contributed by atoms with van der Waals surface area (Å²) in [5.74, 6) is 0.295. The first-order chi connectivity index (χ1) is 9.52. The Morgan fingerprint density at radius 3 is 2.55 bits per heavy atom. The summed E-state index contributed by atoms with van der Waals surface area (Å²) < 4.78 is 5.03. The van der Waals surface area contributed by atoms with Crippen LogP contribution in [0.3, 0.4) is 0 Å². The van der Waals surface area contributed by atoms with Gasteiger partial charge in [-0.1, -0.05) is 6.07 Å². The number of hydrogen-bond acceptors (Lipinski definition) is 5. The molecule has 2 rings (SSSR count). The number of rotatable bonds is 3. The summed E-state index contributed by atoms with van der Waals surface area (Å²) >= 11 is 0. The van der Waals surface area contributed by atoms with Crippen molar-refractivity contribution in [1.82, 2.24) is 0 Å². The van der Waals surface area contributed by atoms with E-state index >= 15 is 0 Å². The van der Waals surface area contributed by atoms with Crippen LogP contribution in [0.2, 0.25) is 0 Å². The Balaban J connectivity index is 2.44. The van der Waals surface area contributed by atoms with Gasteiger partial charge in [0.25, 0.3) is 0 Å². The molecule has 6 heteroatoms. The van der Waals surface area contributed by atoms with E-state index in [4.69, 9.17) is 4.74 Å². The van der Waals surface area contributed by atoms with E-state index in [-0.39, 0.29) is 17.2 Å². The van der Waals surface area contributed by atoms with Crippen molar-refractivity contribution >= 4 is 11.5 Å². The summed E-state index contributed by atoms with van der Waals surface area (Å²) in [5.41, 5.74) is -0.206. The normalized spacial score (nSPS) is 17.3. The number of nitro benzene ring substituents is 1. The van der Waals surface area contributed by atoms with E-state index < -0.39 is 10.3 Å². The lowest BCUT2D eigenvalue weighted by molar-refractivity contribution is -0.385. The summed E-state index contributed by atoms with van der Waals surface area (Å²) in [6.07, 6.45) is 1.63. The fourth-order valence-electron chi connectivity index (χ4n) is 2.55. The van der Waals surface area contributed by atoms with E-state index in [9.17, 15) is 20.2 Å². The highest BCUT2D eigenvalue weighted by molar-refractivity contribution is 5.80. The van der Waals surface area contributed by atoms with Crippen molar-refractivity contribution in [2.45, 2.75) is 31.1 Å². The Hall–Kier alpha value is -2.42. The molecule has 0 N–H and O–H groups in total. The van der Waals surface area contributed by atoms with E-state index in [2.05, 4.69) is 6.07 Å². The predicted octanol–water partition coefficient (Wildman–Crippen LogP) is 2.51. The maximum absolute atomic E-state index is 11.3. The number of carbonyl (C=O) groups excluding carboxylic acids is 1. The predicted molar refractivity (Wildman–Crippen MR) is 70.4 cm³/mol. The second-order valence-corrected chi connectivity index (χ2v) is 4.88. The Morgan fingerprint density at radius 2 is 2.05 bits per heavy atom. The van der Waals surface area contributed by atoms with Gasteiger partial charge in [-0.15, -0.1) is 0 Å². The van der Waals surface area contributed by atoms with Crippen molar-refractivity contribution in [3.8, 4) is 11.8 Å². The van der Waals surface area contributed by atoms with E-state index in [1.807, 2.05) is 0 Å². The van der Waals surface area contributed by atoms with Gasteiger partial charge in [-0.3, -0.25) is 14.9 Å². The Morgan fingerprint density at radius 1 is 1.40 bits per heavy atom. The summed E-state index contributed by atoms with van der Waals surface area (Å²) in [5, 5.41) is 20.4. The molecule has 1 aliphatic rings. The first-order valence-corrected chi connectivity index (χ1v) is 6.28. The van der Waals surface area contributed by atoms with Gasteiger partial charge in [-0.05, 0) is 24.5 Å². The smallest absolute Gasteiger partial charge is 0.310 e. The molecule has 0 unspecified atom stereocenters. The lowest BCUT2D eigenvalue weighted by Crippen LogP contribution is -2.30. The number of carbonyl (C=O) groups is 1. The van der Waals surface area contributed by atoms with Crippen molar-refractivity contribution in [2.75, 3.05) is 7.11 Å². The standard InChI is InChI=1S/C14H14N2O4/c1-20-13-8-10(2-3-12(13)16(18)19)14(9-15)6-4-11(17)5-7-14/h2-3,8H,4-7H2,1H3. The second-order valence-electron chi connectivity index (χ2n) is 4.88. The third-order valence-electron chi connectivity index (χ3n) is 3.80. The molecule has 0 amide bonds. The molecule has 1 aromatic rings. The molecule has 1 fully saturated rings. The fourth-order valence-corrected chi connectivity index (χ4v) is 2.55. The van der Waals surface area contributed by atoms with Gasteiger partial charge in [0, 0.05) is 18.9 Å². The van der Waals surface area contributed by atoms with Crippen LogP contribution < -0.4 is 4.74 Å². The molecule has 0 aromatic heterocycles. The molecule has 104 valence electrons. The van der Waals surface area contributed by atoms with Gasteiger partial charge in [0.05, 0.1) is 23.5 Å². The zero-order valence-electron chi connectivity index (χ0n) is 11.1. The van der Waals surface area contributed by atoms with Crippen LogP contribution in [-0.4, -0.2) is 17.8 Å². The number of hydrogen-bond donors (Lipinski definition) is 0. The minimum atomic E-state index is -0.754. The van der Waals surface area contributed by atoms with Crippen LogP contribution in [0.15, 0.2) is 18.2 Å². The lowest BCUT2D eigenvalue weighted by Gasteiger charge is -2.30. The Labute approximate surface area is 116 Å². The highest BCUT2D eigenvalue weighted by Crippen LogP contribution is 2.40. The van der Waals surface area contributed by atoms with Gasteiger partial charge < -0.3 is 4.74 Å². The first-order valence-electron chi connectivity index (χ1n) is 6.28. The number of ketones is 1. The fraction of sp³-hybridized carbons (Fsp3) is 0.429. The molecular formula is C14H14N2O4. The molecule has 0 spiro atoms. The van der Waals surface area contributed by atoms with Crippen LogP contribution in [0.4, 0.5) is 5.69 Å². The SMILES string of the molecule is COc1cc(C2(C#N)CCC(=O)CC2)ccc1[N+](=O)[O-]. The number of nitro groups is 1. The zero-order valence-corrected chi connectivity index (χ0v) is 11.1. The maximum Gasteiger partial charge on any atom is 0.310 e. The zero-order chi connectivity index (χ0) is 14.8. The molecule has 1 aliphatic carbocycles. The quantitative estimate of drug-likeness (QED) is 0.623. The summed E-state index contributed by atoms with van der Waals surface area (Å²) in [6.45, 7) is 0. The highest BCUT2D eigenvalue weighted by atomic mass is 16.6. The molecule has 1 aromatic carbocycles. The van der Waals surface area contributed by atoms with Crippen LogP contribution in [0.5, 0.6) is 5.75 Å². The van der Waals surface area contributed by atoms with Gasteiger partial charge in [0.2, 0.25) is 0 Å². The lowest BCUT2D eigenvalue weighted by atomic mass is 9.70. The number of benzene rings is 1. The Kier molecular flexibility index (Phi) is 3.70. The first kappa shape index (κ1) is 14.0. The molecule has 1 saturated carbocycles. The van der Waals surface area contributed by atoms with Gasteiger partial charge in [0.1, 0.15) is 5.78 Å². The largest absolute Gasteiger partial charge is 0.490 e. The second kappa shape index (κ2) is 5.29. The van der Waals surface area contributed by atoms with Crippen LogP contribution in [0.1, 0.15) is 31.2 Å². The van der Waals surface area contributed by atoms with E-state index in [0.29, 0.717) is 31.2 Å². The molecule has 0 saturated heterocycles. The van der Waals surface area contributed by atoms with Gasteiger partial charge in [0.15, 0.2) is 5.75 Å². The number of ether oxygens (including phenoxy) is 1. The van der Waals surface area contributed by atoms with Gasteiger partial charge >= 0.3 is 5.69 Å². The van der Waals surface area contributed by atoms with E-state index in [1.165, 1.54) is 19.2 Å². The van der Waals surface area contributed by atoms with Crippen molar-refractivity contribution in [1.29, 1.82) is 5.26 Å². The van der Waals surface area contributed by atoms with Crippen LogP contribution >= 0.6 is 0 Å². The number of Topliss-reactive ketones (excluding diaryl/α,β-unsaturated/α-hetero) is 1. The van der Waals surface area contributed by atoms with Gasteiger partial charge in [-0.2, -0.15) is 5.26 Å². The van der Waals surface area contributed by atoms with Crippen molar-refractivity contribution in [3.05, 3.63) is 33.9 Å². The Bertz CT molecular complexity index is 594. The number of methoxy groups -OCH3 is 1. The van der Waals surface area contributed by atoms with E-state index in [0.717, 1.165) is 0 Å². The molecule has 0 aliphatic heterocycles. The summed E-state index contributed by atoms with van der Waals surface area (Å²) in [7, 11) is 1.36. The van der Waals surface area contributed by atoms with Crippen molar-refractivity contribution < 1.29 is 14.5 Å². The van der Waals surface area contributed by atoms with Crippen molar-refractivity contribution in [3.63, 3.8) is 0 Å². The molecular weight excluding hydrogens is 260 g/mol. The summed E-state index contributed by atoms with van der Waals surface area (Å²) in [6, 6.07) is 6.75. The van der Waals surface area contributed by atoms with E-state index in [1.54, 1.807) is 6.07 Å². The number of nitriles is 1. The molecule has 0 bridgehead atoms. The van der Waals surface area contributed by atoms with Crippen LogP contribution in [0, 0.1) is 21.4 Å². The minimum Gasteiger partial charge on any atom is -0.490 e. The van der Waals surface area contributed by atoms with Gasteiger partial charge in [-0.25, -0.2) is 0 Å². The maximum atomic E-state index is 11.3. The molecule has 20 heavy (non-hydrogen) atoms. The van der Waals surface area contributed by atoms with Crippen LogP contribution in [0.25, 0.3) is 0 Å². The minimum absolute atomic E-state index is 0.128. The topological polar surface area (TPSA) is 93.2 Å². The van der Waals surface area contributed by atoms with Crippen molar-refractivity contribution in [2.24, 2.45) is 0 Å². The molecule has 0 atom stereocenters.